The molecule has 3 rings (SSSR count). The van der Waals surface area contributed by atoms with Crippen LogP contribution in [0.4, 0.5) is 5.69 Å². The second-order valence-corrected chi connectivity index (χ2v) is 5.25. The summed E-state index contributed by atoms with van der Waals surface area (Å²) in [6, 6.07) is 6.95. The monoisotopic (exact) mass is 216 g/mol. The zero-order valence-corrected chi connectivity index (χ0v) is 9.71. The van der Waals surface area contributed by atoms with Gasteiger partial charge in [-0.25, -0.2) is 0 Å². The summed E-state index contributed by atoms with van der Waals surface area (Å²) in [4.78, 5) is 0. The van der Waals surface area contributed by atoms with Crippen molar-refractivity contribution in [1.82, 2.24) is 5.32 Å². The lowest BCUT2D eigenvalue weighted by molar-refractivity contribution is 0.289. The van der Waals surface area contributed by atoms with E-state index in [1.54, 1.807) is 0 Å². The van der Waals surface area contributed by atoms with Gasteiger partial charge in [0.2, 0.25) is 0 Å². The Balaban J connectivity index is 1.66. The maximum atomic E-state index is 5.81. The molecule has 0 aromatic heterocycles. The highest BCUT2D eigenvalue weighted by atomic mass is 14.9. The van der Waals surface area contributed by atoms with Crippen LogP contribution in [0.1, 0.15) is 42.9 Å². The third-order valence-electron chi connectivity index (χ3n) is 4.12. The van der Waals surface area contributed by atoms with E-state index in [9.17, 15) is 0 Å². The normalized spacial score (nSPS) is 24.1. The minimum absolute atomic E-state index is 0.580. The number of hydrogen-bond donors (Lipinski definition) is 2. The van der Waals surface area contributed by atoms with Gasteiger partial charge in [0, 0.05) is 11.7 Å². The molecule has 0 saturated heterocycles. The molecule has 2 nitrogen and oxygen atoms in total. The van der Waals surface area contributed by atoms with E-state index >= 15 is 0 Å². The number of nitrogens with two attached hydrogens (primary N) is 1. The number of anilines is 1. The standard InChI is InChI=1S/C14H20N2/c15-12-5-6-13-11(8-12)4-7-14(13)16-9-10-2-1-3-10/h5-6,8,10,14,16H,1-4,7,9,15H2. The Labute approximate surface area is 97.2 Å². The van der Waals surface area contributed by atoms with Crippen molar-refractivity contribution < 1.29 is 0 Å². The first-order valence-corrected chi connectivity index (χ1v) is 6.44. The molecule has 86 valence electrons. The fraction of sp³-hybridized carbons (Fsp3) is 0.571. The van der Waals surface area contributed by atoms with Gasteiger partial charge in [-0.05, 0) is 61.4 Å². The average molecular weight is 216 g/mol. The van der Waals surface area contributed by atoms with Gasteiger partial charge < -0.3 is 11.1 Å². The van der Waals surface area contributed by atoms with Crippen LogP contribution in [0.2, 0.25) is 0 Å². The van der Waals surface area contributed by atoms with Crippen LogP contribution in [0.3, 0.4) is 0 Å². The fourth-order valence-electron chi connectivity index (χ4n) is 2.86. The van der Waals surface area contributed by atoms with Gasteiger partial charge >= 0.3 is 0 Å². The smallest absolute Gasteiger partial charge is 0.0326 e. The summed E-state index contributed by atoms with van der Waals surface area (Å²) in [5.41, 5.74) is 9.64. The molecule has 1 fully saturated rings. The van der Waals surface area contributed by atoms with E-state index < -0.39 is 0 Å². The number of aryl methyl sites for hydroxylation is 1. The first kappa shape index (κ1) is 10.2. The molecule has 1 atom stereocenters. The Hall–Kier alpha value is -1.02. The van der Waals surface area contributed by atoms with Crippen LogP contribution in [0.15, 0.2) is 18.2 Å². The van der Waals surface area contributed by atoms with Gasteiger partial charge in [-0.3, -0.25) is 0 Å². The quantitative estimate of drug-likeness (QED) is 0.762. The van der Waals surface area contributed by atoms with Gasteiger partial charge in [0.15, 0.2) is 0 Å². The van der Waals surface area contributed by atoms with Gasteiger partial charge in [-0.1, -0.05) is 12.5 Å². The summed E-state index contributed by atoms with van der Waals surface area (Å²) >= 11 is 0. The number of rotatable bonds is 3. The molecule has 2 aliphatic carbocycles. The number of benzene rings is 1. The highest BCUT2D eigenvalue weighted by molar-refractivity contribution is 5.47. The first-order valence-electron chi connectivity index (χ1n) is 6.44. The second kappa shape index (κ2) is 4.10. The van der Waals surface area contributed by atoms with Crippen molar-refractivity contribution in [3.8, 4) is 0 Å². The molecule has 1 unspecified atom stereocenters. The van der Waals surface area contributed by atoms with E-state index in [4.69, 9.17) is 5.73 Å². The van der Waals surface area contributed by atoms with E-state index in [1.807, 2.05) is 6.07 Å². The van der Waals surface area contributed by atoms with Gasteiger partial charge in [0.25, 0.3) is 0 Å². The molecule has 0 amide bonds. The van der Waals surface area contributed by atoms with Crippen molar-refractivity contribution in [3.05, 3.63) is 29.3 Å². The van der Waals surface area contributed by atoms with Crippen LogP contribution in [-0.4, -0.2) is 6.54 Å². The molecule has 1 aromatic carbocycles. The van der Waals surface area contributed by atoms with Crippen LogP contribution in [0, 0.1) is 5.92 Å². The molecule has 0 radical (unpaired) electrons. The van der Waals surface area contributed by atoms with Crippen molar-refractivity contribution in [3.63, 3.8) is 0 Å². The molecule has 0 aliphatic heterocycles. The summed E-state index contributed by atoms with van der Waals surface area (Å²) in [6.45, 7) is 1.20. The summed E-state index contributed by atoms with van der Waals surface area (Å²) in [7, 11) is 0. The SMILES string of the molecule is Nc1ccc2c(c1)CCC2NCC1CCC1. The van der Waals surface area contributed by atoms with Crippen LogP contribution in [-0.2, 0) is 6.42 Å². The summed E-state index contributed by atoms with van der Waals surface area (Å²) < 4.78 is 0. The van der Waals surface area contributed by atoms with Crippen molar-refractivity contribution >= 4 is 5.69 Å². The Bertz CT molecular complexity index is 382. The maximum absolute atomic E-state index is 5.81. The molecule has 0 bridgehead atoms. The second-order valence-electron chi connectivity index (χ2n) is 5.25. The average Bonchev–Trinajstić information content (AvgIpc) is 2.58. The topological polar surface area (TPSA) is 38.0 Å². The lowest BCUT2D eigenvalue weighted by atomic mass is 9.85. The van der Waals surface area contributed by atoms with Crippen molar-refractivity contribution in [2.24, 2.45) is 5.92 Å². The molecular weight excluding hydrogens is 196 g/mol. The largest absolute Gasteiger partial charge is 0.399 e. The fourth-order valence-corrected chi connectivity index (χ4v) is 2.86. The molecule has 0 spiro atoms. The highest BCUT2D eigenvalue weighted by Crippen LogP contribution is 2.33. The Morgan fingerprint density at radius 3 is 2.88 bits per heavy atom. The molecule has 2 aliphatic rings. The summed E-state index contributed by atoms with van der Waals surface area (Å²) in [5.74, 6) is 0.942. The van der Waals surface area contributed by atoms with E-state index in [0.29, 0.717) is 6.04 Å². The Morgan fingerprint density at radius 1 is 1.25 bits per heavy atom. The zero-order chi connectivity index (χ0) is 11.0. The van der Waals surface area contributed by atoms with Crippen molar-refractivity contribution in [1.29, 1.82) is 0 Å². The van der Waals surface area contributed by atoms with Crippen LogP contribution < -0.4 is 11.1 Å². The lowest BCUT2D eigenvalue weighted by Gasteiger charge is -2.27. The predicted molar refractivity (Wildman–Crippen MR) is 67.3 cm³/mol. The Kier molecular flexibility index (Phi) is 2.60. The minimum atomic E-state index is 0.580. The Morgan fingerprint density at radius 2 is 2.12 bits per heavy atom. The molecule has 1 saturated carbocycles. The molecule has 0 heterocycles. The first-order chi connectivity index (χ1) is 7.83. The molecule has 2 heteroatoms. The van der Waals surface area contributed by atoms with Crippen molar-refractivity contribution in [2.75, 3.05) is 12.3 Å². The molecule has 16 heavy (non-hydrogen) atoms. The van der Waals surface area contributed by atoms with E-state index in [2.05, 4.69) is 17.4 Å². The third-order valence-corrected chi connectivity index (χ3v) is 4.12. The minimum Gasteiger partial charge on any atom is -0.399 e. The van der Waals surface area contributed by atoms with Gasteiger partial charge in [0.05, 0.1) is 0 Å². The predicted octanol–water partition coefficient (Wildman–Crippen LogP) is 2.65. The molecular formula is C14H20N2. The van der Waals surface area contributed by atoms with E-state index in [0.717, 1.165) is 11.6 Å². The third kappa shape index (κ3) is 1.82. The maximum Gasteiger partial charge on any atom is 0.0326 e. The van der Waals surface area contributed by atoms with Gasteiger partial charge in [0.1, 0.15) is 0 Å². The summed E-state index contributed by atoms with van der Waals surface area (Å²) in [5, 5.41) is 3.72. The number of nitrogen functional groups attached to an aromatic ring is 1. The zero-order valence-electron chi connectivity index (χ0n) is 9.71. The van der Waals surface area contributed by atoms with Gasteiger partial charge in [-0.15, -0.1) is 0 Å². The van der Waals surface area contributed by atoms with Crippen LogP contribution in [0.25, 0.3) is 0 Å². The van der Waals surface area contributed by atoms with E-state index in [-0.39, 0.29) is 0 Å². The summed E-state index contributed by atoms with van der Waals surface area (Å²) in [6.07, 6.45) is 6.71. The number of nitrogens with one attached hydrogen (secondary N) is 1. The number of fused-ring (bicyclic) bond motifs is 1. The number of hydrogen-bond acceptors (Lipinski definition) is 2. The molecule has 3 N–H and O–H groups in total. The van der Waals surface area contributed by atoms with E-state index in [1.165, 1.54) is 49.8 Å². The lowest BCUT2D eigenvalue weighted by Crippen LogP contribution is -2.29. The van der Waals surface area contributed by atoms with Crippen molar-refractivity contribution in [2.45, 2.75) is 38.1 Å². The molecule has 1 aromatic rings. The highest BCUT2D eigenvalue weighted by Gasteiger charge is 2.24. The van der Waals surface area contributed by atoms with Crippen LogP contribution >= 0.6 is 0 Å². The van der Waals surface area contributed by atoms with Gasteiger partial charge in [-0.2, -0.15) is 0 Å². The van der Waals surface area contributed by atoms with Crippen LogP contribution in [0.5, 0.6) is 0 Å².